The van der Waals surface area contributed by atoms with Gasteiger partial charge in [0.1, 0.15) is 12.4 Å². The number of nitrogens with zero attached hydrogens (tertiary/aromatic N) is 2. The fourth-order valence-corrected chi connectivity index (χ4v) is 3.20. The second kappa shape index (κ2) is 7.59. The summed E-state index contributed by atoms with van der Waals surface area (Å²) in [6.45, 7) is 1.99. The molecule has 6 nitrogen and oxygen atoms in total. The molecule has 1 amide bonds. The van der Waals surface area contributed by atoms with E-state index in [0.29, 0.717) is 5.76 Å². The van der Waals surface area contributed by atoms with Crippen LogP contribution in [0.2, 0.25) is 0 Å². The molecule has 0 bridgehead atoms. The summed E-state index contributed by atoms with van der Waals surface area (Å²) in [5.41, 5.74) is 2.39. The molecule has 1 aliphatic carbocycles. The van der Waals surface area contributed by atoms with E-state index >= 15 is 0 Å². The molecule has 1 aromatic heterocycles. The smallest absolute Gasteiger partial charge is 0.410 e. The number of carbonyl (C=O) groups excluding carboxylic acids is 1. The second-order valence-corrected chi connectivity index (χ2v) is 6.41. The Morgan fingerprint density at radius 1 is 1.28 bits per heavy atom. The number of aromatic nitrogens is 1. The third kappa shape index (κ3) is 3.78. The monoisotopic (exact) mass is 344 g/mol. The normalized spacial score (nSPS) is 14.5. The molecule has 1 saturated carbocycles. The maximum Gasteiger partial charge on any atom is 0.410 e. The molecule has 0 aliphatic heterocycles. The summed E-state index contributed by atoms with van der Waals surface area (Å²) in [6, 6.07) is 7.80. The number of benzene rings is 1. The molecule has 0 N–H and O–H groups in total. The van der Waals surface area contributed by atoms with Crippen LogP contribution < -0.4 is 4.74 Å². The van der Waals surface area contributed by atoms with E-state index < -0.39 is 0 Å². The topological polar surface area (TPSA) is 64.8 Å². The minimum atomic E-state index is -0.298. The zero-order valence-corrected chi connectivity index (χ0v) is 14.9. The molecule has 1 aliphatic rings. The molecule has 0 saturated heterocycles. The number of ether oxygens (including phenoxy) is 2. The van der Waals surface area contributed by atoms with Crippen LogP contribution in [0.3, 0.4) is 0 Å². The van der Waals surface area contributed by atoms with Gasteiger partial charge in [-0.1, -0.05) is 18.0 Å². The van der Waals surface area contributed by atoms with E-state index in [-0.39, 0.29) is 18.7 Å². The maximum absolute atomic E-state index is 12.3. The first kappa shape index (κ1) is 17.3. The SMILES string of the molecule is COc1ccc(-c2onc(C)c2COC(=O)N(C)C2CCCC2)cc1. The summed E-state index contributed by atoms with van der Waals surface area (Å²) in [7, 11) is 3.43. The molecule has 3 rings (SSSR count). The third-order valence-corrected chi connectivity index (χ3v) is 4.84. The van der Waals surface area contributed by atoms with Crippen molar-refractivity contribution < 1.29 is 18.8 Å². The van der Waals surface area contributed by atoms with Crippen molar-refractivity contribution in [3.63, 3.8) is 0 Å². The van der Waals surface area contributed by atoms with Crippen LogP contribution in [-0.4, -0.2) is 36.3 Å². The van der Waals surface area contributed by atoms with Gasteiger partial charge in [0.05, 0.1) is 18.4 Å². The maximum atomic E-state index is 12.3. The number of aryl methyl sites for hydroxylation is 1. The Hall–Kier alpha value is -2.50. The highest BCUT2D eigenvalue weighted by Crippen LogP contribution is 2.29. The molecular formula is C19H24N2O4. The van der Waals surface area contributed by atoms with Gasteiger partial charge in [-0.3, -0.25) is 0 Å². The molecule has 0 radical (unpaired) electrons. The van der Waals surface area contributed by atoms with Crippen molar-refractivity contribution in [2.75, 3.05) is 14.2 Å². The van der Waals surface area contributed by atoms with Gasteiger partial charge in [-0.05, 0) is 44.0 Å². The Bertz CT molecular complexity index is 718. The zero-order valence-electron chi connectivity index (χ0n) is 14.9. The van der Waals surface area contributed by atoms with Gasteiger partial charge in [-0.25, -0.2) is 4.79 Å². The highest BCUT2D eigenvalue weighted by atomic mass is 16.6. The van der Waals surface area contributed by atoms with Crippen LogP contribution in [0.15, 0.2) is 28.8 Å². The molecular weight excluding hydrogens is 320 g/mol. The summed E-state index contributed by atoms with van der Waals surface area (Å²) in [4.78, 5) is 14.0. The standard InChI is InChI=1S/C19H24N2O4/c1-13-17(12-24-19(22)21(2)15-6-4-5-7-15)18(25-20-13)14-8-10-16(23-3)11-9-14/h8-11,15H,4-7,12H2,1-3H3. The van der Waals surface area contributed by atoms with Gasteiger partial charge in [0, 0.05) is 18.7 Å². The lowest BCUT2D eigenvalue weighted by molar-refractivity contribution is 0.0917. The van der Waals surface area contributed by atoms with Crippen molar-refractivity contribution >= 4 is 6.09 Å². The fraction of sp³-hybridized carbons (Fsp3) is 0.474. The van der Waals surface area contributed by atoms with Crippen molar-refractivity contribution in [3.05, 3.63) is 35.5 Å². The van der Waals surface area contributed by atoms with E-state index in [1.807, 2.05) is 38.2 Å². The van der Waals surface area contributed by atoms with Crippen molar-refractivity contribution in [3.8, 4) is 17.1 Å². The average Bonchev–Trinajstić information content (AvgIpc) is 3.29. The molecule has 0 spiro atoms. The molecule has 134 valence electrons. The Morgan fingerprint density at radius 3 is 2.60 bits per heavy atom. The van der Waals surface area contributed by atoms with Gasteiger partial charge < -0.3 is 18.9 Å². The van der Waals surface area contributed by atoms with Crippen LogP contribution in [0, 0.1) is 6.92 Å². The largest absolute Gasteiger partial charge is 0.497 e. The Kier molecular flexibility index (Phi) is 5.26. The molecule has 1 heterocycles. The molecule has 0 atom stereocenters. The molecule has 1 fully saturated rings. The van der Waals surface area contributed by atoms with E-state index in [1.54, 1.807) is 12.0 Å². The lowest BCUT2D eigenvalue weighted by atomic mass is 10.1. The lowest BCUT2D eigenvalue weighted by Gasteiger charge is -2.23. The summed E-state index contributed by atoms with van der Waals surface area (Å²) in [5.74, 6) is 1.39. The Labute approximate surface area is 147 Å². The first-order valence-electron chi connectivity index (χ1n) is 8.59. The molecule has 25 heavy (non-hydrogen) atoms. The van der Waals surface area contributed by atoms with Crippen LogP contribution in [0.25, 0.3) is 11.3 Å². The van der Waals surface area contributed by atoms with Crippen LogP contribution in [0.5, 0.6) is 5.75 Å². The number of amides is 1. The second-order valence-electron chi connectivity index (χ2n) is 6.41. The quantitative estimate of drug-likeness (QED) is 0.814. The summed E-state index contributed by atoms with van der Waals surface area (Å²) >= 11 is 0. The van der Waals surface area contributed by atoms with Gasteiger partial charge in [-0.2, -0.15) is 0 Å². The van der Waals surface area contributed by atoms with E-state index in [0.717, 1.165) is 35.4 Å². The Balaban J connectivity index is 1.70. The number of hydrogen-bond acceptors (Lipinski definition) is 5. The van der Waals surface area contributed by atoms with E-state index in [4.69, 9.17) is 14.0 Å². The minimum Gasteiger partial charge on any atom is -0.497 e. The predicted molar refractivity (Wildman–Crippen MR) is 93.4 cm³/mol. The van der Waals surface area contributed by atoms with Crippen molar-refractivity contribution in [2.45, 2.75) is 45.3 Å². The van der Waals surface area contributed by atoms with Crippen molar-refractivity contribution in [1.29, 1.82) is 0 Å². The summed E-state index contributed by atoms with van der Waals surface area (Å²) in [6.07, 6.45) is 4.15. The van der Waals surface area contributed by atoms with Crippen LogP contribution in [-0.2, 0) is 11.3 Å². The van der Waals surface area contributed by atoms with Crippen LogP contribution >= 0.6 is 0 Å². The van der Waals surface area contributed by atoms with Gasteiger partial charge in [0.15, 0.2) is 5.76 Å². The fourth-order valence-electron chi connectivity index (χ4n) is 3.20. The van der Waals surface area contributed by atoms with Crippen LogP contribution in [0.4, 0.5) is 4.79 Å². The number of hydrogen-bond donors (Lipinski definition) is 0. The summed E-state index contributed by atoms with van der Waals surface area (Å²) in [5, 5.41) is 4.02. The lowest BCUT2D eigenvalue weighted by Crippen LogP contribution is -2.35. The van der Waals surface area contributed by atoms with E-state index in [2.05, 4.69) is 5.16 Å². The molecule has 2 aromatic rings. The Morgan fingerprint density at radius 2 is 1.96 bits per heavy atom. The van der Waals surface area contributed by atoms with Crippen molar-refractivity contribution in [2.24, 2.45) is 0 Å². The van der Waals surface area contributed by atoms with Gasteiger partial charge in [0.2, 0.25) is 0 Å². The van der Waals surface area contributed by atoms with E-state index in [1.165, 1.54) is 12.8 Å². The third-order valence-electron chi connectivity index (χ3n) is 4.84. The van der Waals surface area contributed by atoms with Gasteiger partial charge >= 0.3 is 6.09 Å². The minimum absolute atomic E-state index is 0.145. The van der Waals surface area contributed by atoms with Gasteiger partial charge in [-0.15, -0.1) is 0 Å². The highest BCUT2D eigenvalue weighted by molar-refractivity contribution is 5.68. The molecule has 1 aromatic carbocycles. The first-order chi connectivity index (χ1) is 12.1. The highest BCUT2D eigenvalue weighted by Gasteiger charge is 2.25. The first-order valence-corrected chi connectivity index (χ1v) is 8.59. The summed E-state index contributed by atoms with van der Waals surface area (Å²) < 4.78 is 16.1. The average molecular weight is 344 g/mol. The van der Waals surface area contributed by atoms with Gasteiger partial charge in [0.25, 0.3) is 0 Å². The number of rotatable bonds is 5. The molecule has 6 heteroatoms. The molecule has 0 unspecified atom stereocenters. The predicted octanol–water partition coefficient (Wildman–Crippen LogP) is 4.17. The number of carbonyl (C=O) groups is 1. The zero-order chi connectivity index (χ0) is 17.8. The van der Waals surface area contributed by atoms with Crippen molar-refractivity contribution in [1.82, 2.24) is 10.1 Å². The van der Waals surface area contributed by atoms with E-state index in [9.17, 15) is 4.79 Å². The van der Waals surface area contributed by atoms with Crippen LogP contribution in [0.1, 0.15) is 36.9 Å². The number of methoxy groups -OCH3 is 1.